The highest BCUT2D eigenvalue weighted by Gasteiger charge is 2.25. The highest BCUT2D eigenvalue weighted by molar-refractivity contribution is 5.77. The zero-order chi connectivity index (χ0) is 11.4. The van der Waals surface area contributed by atoms with Crippen molar-refractivity contribution in [2.75, 3.05) is 32.9 Å². The summed E-state index contributed by atoms with van der Waals surface area (Å²) in [6.45, 7) is 2.66. The number of aliphatic hydroxyl groups excluding tert-OH is 1. The molecule has 4 heteroatoms. The predicted molar refractivity (Wildman–Crippen MR) is 59.9 cm³/mol. The van der Waals surface area contributed by atoms with Crippen LogP contribution >= 0.6 is 0 Å². The van der Waals surface area contributed by atoms with Crippen LogP contribution in [0.4, 0.5) is 0 Å². The Labute approximate surface area is 96.6 Å². The van der Waals surface area contributed by atoms with E-state index in [9.17, 15) is 4.79 Å². The Bertz CT molecular complexity index is 240. The van der Waals surface area contributed by atoms with Gasteiger partial charge in [-0.1, -0.05) is 0 Å². The first kappa shape index (κ1) is 11.9. The molecule has 0 spiro atoms. The minimum absolute atomic E-state index is 0.0822. The maximum atomic E-state index is 11.8. The molecule has 1 saturated carbocycles. The standard InChI is InChI=1S/C12H21NO3/c14-7-11-2-1-5-13(6-11)12(15)9-16-8-10-3-4-10/h10-11,14H,1-9H2. The summed E-state index contributed by atoms with van der Waals surface area (Å²) in [6, 6.07) is 0. The molecule has 1 N–H and O–H groups in total. The molecule has 1 atom stereocenters. The van der Waals surface area contributed by atoms with E-state index in [0.29, 0.717) is 12.5 Å². The number of carbonyl (C=O) groups excluding carboxylic acids is 1. The van der Waals surface area contributed by atoms with Gasteiger partial charge in [-0.15, -0.1) is 0 Å². The molecule has 1 saturated heterocycles. The molecule has 0 radical (unpaired) electrons. The highest BCUT2D eigenvalue weighted by Crippen LogP contribution is 2.28. The van der Waals surface area contributed by atoms with Crippen LogP contribution in [0.25, 0.3) is 0 Å². The third-order valence-corrected chi connectivity index (χ3v) is 3.41. The van der Waals surface area contributed by atoms with Crippen molar-refractivity contribution in [3.8, 4) is 0 Å². The van der Waals surface area contributed by atoms with E-state index >= 15 is 0 Å². The van der Waals surface area contributed by atoms with E-state index < -0.39 is 0 Å². The van der Waals surface area contributed by atoms with Crippen LogP contribution < -0.4 is 0 Å². The number of likely N-dealkylation sites (tertiary alicyclic amines) is 1. The van der Waals surface area contributed by atoms with E-state index in [1.807, 2.05) is 4.90 Å². The fourth-order valence-corrected chi connectivity index (χ4v) is 2.13. The summed E-state index contributed by atoms with van der Waals surface area (Å²) in [7, 11) is 0. The smallest absolute Gasteiger partial charge is 0.248 e. The first-order chi connectivity index (χ1) is 7.79. The molecule has 1 aliphatic carbocycles. The topological polar surface area (TPSA) is 49.8 Å². The Morgan fingerprint density at radius 3 is 2.81 bits per heavy atom. The first-order valence-electron chi connectivity index (χ1n) is 6.26. The largest absolute Gasteiger partial charge is 0.396 e. The molecule has 0 aromatic rings. The van der Waals surface area contributed by atoms with Gasteiger partial charge in [-0.25, -0.2) is 0 Å². The minimum Gasteiger partial charge on any atom is -0.396 e. The third-order valence-electron chi connectivity index (χ3n) is 3.41. The van der Waals surface area contributed by atoms with Crippen molar-refractivity contribution in [2.24, 2.45) is 11.8 Å². The Hall–Kier alpha value is -0.610. The van der Waals surface area contributed by atoms with Gasteiger partial charge in [0.25, 0.3) is 0 Å². The van der Waals surface area contributed by atoms with Crippen LogP contribution in [0.5, 0.6) is 0 Å². The van der Waals surface area contributed by atoms with Crippen LogP contribution in [0, 0.1) is 11.8 Å². The van der Waals surface area contributed by atoms with Crippen LogP contribution in [0.1, 0.15) is 25.7 Å². The second kappa shape index (κ2) is 5.64. The molecule has 1 unspecified atom stereocenters. The van der Waals surface area contributed by atoms with Gasteiger partial charge in [0.15, 0.2) is 0 Å². The molecule has 1 heterocycles. The number of carbonyl (C=O) groups is 1. The summed E-state index contributed by atoms with van der Waals surface area (Å²) in [5.41, 5.74) is 0. The molecule has 4 nitrogen and oxygen atoms in total. The molecule has 2 rings (SSSR count). The van der Waals surface area contributed by atoms with E-state index in [-0.39, 0.29) is 25.0 Å². The quantitative estimate of drug-likeness (QED) is 0.750. The first-order valence-corrected chi connectivity index (χ1v) is 6.26. The van der Waals surface area contributed by atoms with Crippen LogP contribution in [0.3, 0.4) is 0 Å². The summed E-state index contributed by atoms with van der Waals surface area (Å²) in [4.78, 5) is 13.6. The van der Waals surface area contributed by atoms with Crippen LogP contribution in [-0.4, -0.2) is 48.8 Å². The van der Waals surface area contributed by atoms with E-state index in [0.717, 1.165) is 26.0 Å². The molecule has 1 amide bonds. The second-order valence-electron chi connectivity index (χ2n) is 4.99. The number of nitrogens with zero attached hydrogens (tertiary/aromatic N) is 1. The highest BCUT2D eigenvalue weighted by atomic mass is 16.5. The number of piperidine rings is 1. The Balaban J connectivity index is 1.66. The lowest BCUT2D eigenvalue weighted by Crippen LogP contribution is -2.42. The predicted octanol–water partition coefficient (Wildman–Crippen LogP) is 0.644. The molecule has 0 aromatic carbocycles. The Morgan fingerprint density at radius 2 is 2.12 bits per heavy atom. The Morgan fingerprint density at radius 1 is 1.31 bits per heavy atom. The van der Waals surface area contributed by atoms with Gasteiger partial charge in [0, 0.05) is 19.7 Å². The van der Waals surface area contributed by atoms with Gasteiger partial charge in [-0.3, -0.25) is 4.79 Å². The monoisotopic (exact) mass is 227 g/mol. The van der Waals surface area contributed by atoms with Gasteiger partial charge in [0.1, 0.15) is 6.61 Å². The van der Waals surface area contributed by atoms with Crippen molar-refractivity contribution in [3.05, 3.63) is 0 Å². The Kier molecular flexibility index (Phi) is 4.18. The fourth-order valence-electron chi connectivity index (χ4n) is 2.13. The van der Waals surface area contributed by atoms with Crippen molar-refractivity contribution < 1.29 is 14.6 Å². The molecular weight excluding hydrogens is 206 g/mol. The van der Waals surface area contributed by atoms with E-state index in [1.165, 1.54) is 12.8 Å². The van der Waals surface area contributed by atoms with Gasteiger partial charge in [0.05, 0.1) is 6.61 Å². The number of hydrogen-bond acceptors (Lipinski definition) is 3. The van der Waals surface area contributed by atoms with Gasteiger partial charge < -0.3 is 14.7 Å². The van der Waals surface area contributed by atoms with Crippen molar-refractivity contribution >= 4 is 5.91 Å². The second-order valence-corrected chi connectivity index (χ2v) is 4.99. The molecule has 1 aliphatic heterocycles. The third kappa shape index (κ3) is 3.46. The molecular formula is C12H21NO3. The molecule has 0 bridgehead atoms. The van der Waals surface area contributed by atoms with E-state index in [2.05, 4.69) is 0 Å². The van der Waals surface area contributed by atoms with Gasteiger partial charge in [-0.2, -0.15) is 0 Å². The van der Waals surface area contributed by atoms with Crippen molar-refractivity contribution in [3.63, 3.8) is 0 Å². The van der Waals surface area contributed by atoms with E-state index in [1.54, 1.807) is 0 Å². The molecule has 2 fully saturated rings. The summed E-state index contributed by atoms with van der Waals surface area (Å²) < 4.78 is 5.39. The number of aliphatic hydroxyl groups is 1. The summed E-state index contributed by atoms with van der Waals surface area (Å²) in [5, 5.41) is 9.08. The average molecular weight is 227 g/mol. The van der Waals surface area contributed by atoms with Gasteiger partial charge in [-0.05, 0) is 37.5 Å². The average Bonchev–Trinajstić information content (AvgIpc) is 3.13. The van der Waals surface area contributed by atoms with Crippen molar-refractivity contribution in [1.29, 1.82) is 0 Å². The zero-order valence-corrected chi connectivity index (χ0v) is 9.73. The summed E-state index contributed by atoms with van der Waals surface area (Å²) >= 11 is 0. The number of amides is 1. The lowest BCUT2D eigenvalue weighted by Gasteiger charge is -2.31. The molecule has 92 valence electrons. The number of ether oxygens (including phenoxy) is 1. The van der Waals surface area contributed by atoms with Gasteiger partial charge >= 0.3 is 0 Å². The summed E-state index contributed by atoms with van der Waals surface area (Å²) in [6.07, 6.45) is 4.54. The van der Waals surface area contributed by atoms with E-state index in [4.69, 9.17) is 9.84 Å². The number of rotatable bonds is 5. The van der Waals surface area contributed by atoms with Crippen molar-refractivity contribution in [2.45, 2.75) is 25.7 Å². The normalized spacial score (nSPS) is 25.8. The fraction of sp³-hybridized carbons (Fsp3) is 0.917. The molecule has 0 aromatic heterocycles. The minimum atomic E-state index is 0.0822. The molecule has 16 heavy (non-hydrogen) atoms. The zero-order valence-electron chi connectivity index (χ0n) is 9.73. The number of hydrogen-bond donors (Lipinski definition) is 1. The van der Waals surface area contributed by atoms with Crippen LogP contribution in [0.15, 0.2) is 0 Å². The SMILES string of the molecule is O=C(COCC1CC1)N1CCCC(CO)C1. The van der Waals surface area contributed by atoms with Gasteiger partial charge in [0.2, 0.25) is 5.91 Å². The maximum absolute atomic E-state index is 11.8. The maximum Gasteiger partial charge on any atom is 0.248 e. The van der Waals surface area contributed by atoms with Crippen LogP contribution in [0.2, 0.25) is 0 Å². The van der Waals surface area contributed by atoms with Crippen LogP contribution in [-0.2, 0) is 9.53 Å². The summed E-state index contributed by atoms with van der Waals surface area (Å²) in [5.74, 6) is 1.05. The lowest BCUT2D eigenvalue weighted by molar-refractivity contribution is -0.138. The molecule has 2 aliphatic rings. The van der Waals surface area contributed by atoms with Crippen molar-refractivity contribution in [1.82, 2.24) is 4.90 Å². The lowest BCUT2D eigenvalue weighted by atomic mass is 9.99.